The number of piperidine rings is 1. The number of benzene rings is 1. The first-order chi connectivity index (χ1) is 12.1. The zero-order chi connectivity index (χ0) is 17.6. The third-order valence-electron chi connectivity index (χ3n) is 4.79. The Hall–Kier alpha value is -2.11. The molecule has 1 aliphatic carbocycles. The van der Waals surface area contributed by atoms with Crippen LogP contribution in [-0.2, 0) is 9.59 Å². The van der Waals surface area contributed by atoms with Crippen molar-refractivity contribution in [1.82, 2.24) is 10.6 Å². The number of halogens is 1. The van der Waals surface area contributed by atoms with Gasteiger partial charge in [-0.2, -0.15) is 0 Å². The van der Waals surface area contributed by atoms with E-state index in [1.807, 2.05) is 6.07 Å². The van der Waals surface area contributed by atoms with E-state index < -0.39 is 0 Å². The lowest BCUT2D eigenvalue weighted by Gasteiger charge is -2.34. The number of amides is 2. The Balaban J connectivity index is 1.38. The van der Waals surface area contributed by atoms with E-state index in [0.717, 1.165) is 37.9 Å². The highest BCUT2D eigenvalue weighted by Crippen LogP contribution is 2.28. The standard InChI is InChI=1S/C19H26FN3O2/c20-15-4-1-6-17(12-15)23-11-3-5-16(13-23)22-18(24)7-2-10-21-19(25)14-8-9-14/h1,4,6,12,14,16H,2-3,5,7-11,13H2,(H,21,25)(H,22,24)/t16-/m0/s1. The molecule has 1 heterocycles. The summed E-state index contributed by atoms with van der Waals surface area (Å²) in [6.45, 7) is 2.14. The minimum Gasteiger partial charge on any atom is -0.369 e. The highest BCUT2D eigenvalue weighted by Gasteiger charge is 2.29. The molecule has 0 unspecified atom stereocenters. The van der Waals surface area contributed by atoms with Gasteiger partial charge in [0.25, 0.3) is 0 Å². The normalized spacial score (nSPS) is 20.2. The lowest BCUT2D eigenvalue weighted by atomic mass is 10.0. The van der Waals surface area contributed by atoms with Crippen LogP contribution >= 0.6 is 0 Å². The summed E-state index contributed by atoms with van der Waals surface area (Å²) in [5, 5.41) is 5.94. The van der Waals surface area contributed by atoms with Crippen LogP contribution in [0.3, 0.4) is 0 Å². The second kappa shape index (κ2) is 8.32. The predicted molar refractivity (Wildman–Crippen MR) is 94.7 cm³/mol. The van der Waals surface area contributed by atoms with Crippen LogP contribution in [-0.4, -0.2) is 37.5 Å². The molecule has 6 heteroatoms. The molecule has 2 aliphatic rings. The van der Waals surface area contributed by atoms with Crippen molar-refractivity contribution in [1.29, 1.82) is 0 Å². The van der Waals surface area contributed by atoms with Crippen LogP contribution in [0, 0.1) is 11.7 Å². The summed E-state index contributed by atoms with van der Waals surface area (Å²) in [5.41, 5.74) is 0.863. The molecule has 1 aromatic carbocycles. The highest BCUT2D eigenvalue weighted by molar-refractivity contribution is 5.81. The highest BCUT2D eigenvalue weighted by atomic mass is 19.1. The number of hydrogen-bond donors (Lipinski definition) is 2. The van der Waals surface area contributed by atoms with Gasteiger partial charge in [-0.3, -0.25) is 9.59 Å². The van der Waals surface area contributed by atoms with Crippen LogP contribution in [0.4, 0.5) is 10.1 Å². The first-order valence-corrected chi connectivity index (χ1v) is 9.19. The molecule has 136 valence electrons. The molecule has 1 saturated carbocycles. The number of anilines is 1. The number of nitrogens with zero attached hydrogens (tertiary/aromatic N) is 1. The average molecular weight is 347 g/mol. The van der Waals surface area contributed by atoms with Crippen molar-refractivity contribution in [3.8, 4) is 0 Å². The van der Waals surface area contributed by atoms with Gasteiger partial charge in [-0.15, -0.1) is 0 Å². The molecule has 2 amide bonds. The van der Waals surface area contributed by atoms with E-state index in [1.165, 1.54) is 12.1 Å². The lowest BCUT2D eigenvalue weighted by Crippen LogP contribution is -2.47. The Morgan fingerprint density at radius 1 is 1.24 bits per heavy atom. The first-order valence-electron chi connectivity index (χ1n) is 9.19. The van der Waals surface area contributed by atoms with E-state index in [2.05, 4.69) is 15.5 Å². The quantitative estimate of drug-likeness (QED) is 0.744. The van der Waals surface area contributed by atoms with Gasteiger partial charge in [0.05, 0.1) is 0 Å². The summed E-state index contributed by atoms with van der Waals surface area (Å²) >= 11 is 0. The predicted octanol–water partition coefficient (Wildman–Crippen LogP) is 2.22. The fourth-order valence-electron chi connectivity index (χ4n) is 3.25. The maximum Gasteiger partial charge on any atom is 0.223 e. The van der Waals surface area contributed by atoms with Crippen molar-refractivity contribution in [2.24, 2.45) is 5.92 Å². The van der Waals surface area contributed by atoms with Crippen LogP contribution in [0.2, 0.25) is 0 Å². The summed E-state index contributed by atoms with van der Waals surface area (Å²) in [6, 6.07) is 6.67. The van der Waals surface area contributed by atoms with E-state index in [-0.39, 0.29) is 29.6 Å². The van der Waals surface area contributed by atoms with Crippen LogP contribution in [0.1, 0.15) is 38.5 Å². The molecule has 0 radical (unpaired) electrons. The topological polar surface area (TPSA) is 61.4 Å². The number of hydrogen-bond acceptors (Lipinski definition) is 3. The Morgan fingerprint density at radius 3 is 2.84 bits per heavy atom. The molecule has 1 saturated heterocycles. The Labute approximate surface area is 148 Å². The van der Waals surface area contributed by atoms with Crippen molar-refractivity contribution < 1.29 is 14.0 Å². The Morgan fingerprint density at radius 2 is 2.08 bits per heavy atom. The zero-order valence-corrected chi connectivity index (χ0v) is 14.5. The van der Waals surface area contributed by atoms with Gasteiger partial charge in [-0.25, -0.2) is 4.39 Å². The molecule has 25 heavy (non-hydrogen) atoms. The monoisotopic (exact) mass is 347 g/mol. The van der Waals surface area contributed by atoms with E-state index in [4.69, 9.17) is 0 Å². The molecule has 1 aromatic rings. The molecule has 2 N–H and O–H groups in total. The van der Waals surface area contributed by atoms with Gasteiger partial charge in [-0.1, -0.05) is 6.07 Å². The van der Waals surface area contributed by atoms with E-state index in [9.17, 15) is 14.0 Å². The van der Waals surface area contributed by atoms with Crippen molar-refractivity contribution in [3.63, 3.8) is 0 Å². The van der Waals surface area contributed by atoms with Crippen molar-refractivity contribution in [2.45, 2.75) is 44.6 Å². The molecule has 0 spiro atoms. The SMILES string of the molecule is O=C(CCCNC(=O)C1CC1)N[C@H]1CCCN(c2cccc(F)c2)C1. The lowest BCUT2D eigenvalue weighted by molar-refractivity contribution is -0.124. The van der Waals surface area contributed by atoms with E-state index >= 15 is 0 Å². The van der Waals surface area contributed by atoms with Crippen molar-refractivity contribution >= 4 is 17.5 Å². The first kappa shape index (κ1) is 17.7. The Kier molecular flexibility index (Phi) is 5.89. The van der Waals surface area contributed by atoms with Gasteiger partial charge in [0.2, 0.25) is 11.8 Å². The third-order valence-corrected chi connectivity index (χ3v) is 4.79. The van der Waals surface area contributed by atoms with Gasteiger partial charge in [0.15, 0.2) is 0 Å². The van der Waals surface area contributed by atoms with Crippen molar-refractivity contribution in [2.75, 3.05) is 24.5 Å². The smallest absolute Gasteiger partial charge is 0.223 e. The second-order valence-corrected chi connectivity index (χ2v) is 7.00. The van der Waals surface area contributed by atoms with Crippen LogP contribution in [0.15, 0.2) is 24.3 Å². The number of nitrogens with one attached hydrogen (secondary N) is 2. The molecule has 3 rings (SSSR count). The van der Waals surface area contributed by atoms with E-state index in [0.29, 0.717) is 25.9 Å². The molecule has 0 aromatic heterocycles. The maximum atomic E-state index is 13.4. The van der Waals surface area contributed by atoms with Crippen LogP contribution in [0.5, 0.6) is 0 Å². The molecule has 1 aliphatic heterocycles. The number of rotatable bonds is 7. The molecule has 2 fully saturated rings. The molecular formula is C19H26FN3O2. The fourth-order valence-corrected chi connectivity index (χ4v) is 3.25. The van der Waals surface area contributed by atoms with Gasteiger partial charge < -0.3 is 15.5 Å². The second-order valence-electron chi connectivity index (χ2n) is 7.00. The molecule has 1 atom stereocenters. The van der Waals surface area contributed by atoms with Crippen LogP contribution in [0.25, 0.3) is 0 Å². The fraction of sp³-hybridized carbons (Fsp3) is 0.579. The summed E-state index contributed by atoms with van der Waals surface area (Å²) in [6.07, 6.45) is 4.98. The zero-order valence-electron chi connectivity index (χ0n) is 14.5. The number of carbonyl (C=O) groups is 2. The van der Waals surface area contributed by atoms with Crippen molar-refractivity contribution in [3.05, 3.63) is 30.1 Å². The van der Waals surface area contributed by atoms with Gasteiger partial charge in [0, 0.05) is 43.7 Å². The molecule has 5 nitrogen and oxygen atoms in total. The average Bonchev–Trinajstić information content (AvgIpc) is 3.44. The number of carbonyl (C=O) groups excluding carboxylic acids is 2. The Bertz CT molecular complexity index is 618. The third kappa shape index (κ3) is 5.44. The van der Waals surface area contributed by atoms with Gasteiger partial charge >= 0.3 is 0 Å². The minimum atomic E-state index is -0.239. The summed E-state index contributed by atoms with van der Waals surface area (Å²) in [7, 11) is 0. The van der Waals surface area contributed by atoms with Crippen LogP contribution < -0.4 is 15.5 Å². The summed E-state index contributed by atoms with van der Waals surface area (Å²) in [5.74, 6) is 0.118. The van der Waals surface area contributed by atoms with Gasteiger partial charge in [0.1, 0.15) is 5.82 Å². The molecular weight excluding hydrogens is 321 g/mol. The van der Waals surface area contributed by atoms with Gasteiger partial charge in [-0.05, 0) is 50.3 Å². The maximum absolute atomic E-state index is 13.4. The minimum absolute atomic E-state index is 0.0202. The summed E-state index contributed by atoms with van der Waals surface area (Å²) in [4.78, 5) is 25.7. The van der Waals surface area contributed by atoms with E-state index in [1.54, 1.807) is 6.07 Å². The largest absolute Gasteiger partial charge is 0.369 e. The molecule has 0 bridgehead atoms. The summed E-state index contributed by atoms with van der Waals surface area (Å²) < 4.78 is 13.4.